The maximum Gasteiger partial charge on any atom is 0.343 e. The molecule has 0 saturated carbocycles. The van der Waals surface area contributed by atoms with E-state index in [1.54, 1.807) is 45.4 Å². The first kappa shape index (κ1) is 22.8. The Morgan fingerprint density at radius 1 is 1.06 bits per heavy atom. The summed E-state index contributed by atoms with van der Waals surface area (Å²) in [7, 11) is 3.12. The third-order valence-corrected chi connectivity index (χ3v) is 5.28. The summed E-state index contributed by atoms with van der Waals surface area (Å²) in [6, 6.07) is 14.1. The number of carbonyl (C=O) groups excluding carboxylic acids is 2. The van der Waals surface area contributed by atoms with E-state index < -0.39 is 11.9 Å². The van der Waals surface area contributed by atoms with Crippen molar-refractivity contribution in [2.75, 3.05) is 26.1 Å². The Kier molecular flexibility index (Phi) is 6.44. The fourth-order valence-electron chi connectivity index (χ4n) is 3.57. The number of hydrogen-bond acceptors (Lipinski definition) is 7. The largest absolute Gasteiger partial charge is 0.497 e. The average Bonchev–Trinajstić information content (AvgIpc) is 3.27. The highest BCUT2D eigenvalue weighted by Crippen LogP contribution is 2.29. The Balaban J connectivity index is 1.82. The number of fused-ring (bicyclic) bond motifs is 1. The van der Waals surface area contributed by atoms with Crippen molar-refractivity contribution >= 4 is 28.6 Å². The SMILES string of the molecule is CCOC(=O)c1cnn(-c2cc(C)c3cccc(OC)c3n2)c1NC(=O)c1ccc(OC)cc1. The second-order valence-corrected chi connectivity index (χ2v) is 7.38. The molecule has 0 atom stereocenters. The lowest BCUT2D eigenvalue weighted by molar-refractivity contribution is 0.0527. The van der Waals surface area contributed by atoms with Crippen LogP contribution in [0.25, 0.3) is 16.7 Å². The minimum absolute atomic E-state index is 0.114. The summed E-state index contributed by atoms with van der Waals surface area (Å²) in [4.78, 5) is 30.3. The van der Waals surface area contributed by atoms with Crippen LogP contribution in [0.3, 0.4) is 0 Å². The number of nitrogens with zero attached hydrogens (tertiary/aromatic N) is 3. The number of amides is 1. The molecule has 0 aliphatic carbocycles. The van der Waals surface area contributed by atoms with Crippen LogP contribution in [0.1, 0.15) is 33.2 Å². The highest BCUT2D eigenvalue weighted by atomic mass is 16.5. The first-order valence-corrected chi connectivity index (χ1v) is 10.6. The number of aromatic nitrogens is 3. The third kappa shape index (κ3) is 4.27. The molecule has 0 radical (unpaired) electrons. The summed E-state index contributed by atoms with van der Waals surface area (Å²) in [5.74, 6) is 0.761. The van der Waals surface area contributed by atoms with E-state index in [9.17, 15) is 9.59 Å². The van der Waals surface area contributed by atoms with Crippen molar-refractivity contribution in [3.05, 3.63) is 71.4 Å². The number of methoxy groups -OCH3 is 2. The molecule has 1 N–H and O–H groups in total. The summed E-state index contributed by atoms with van der Waals surface area (Å²) in [6.45, 7) is 3.83. The van der Waals surface area contributed by atoms with Crippen molar-refractivity contribution in [2.24, 2.45) is 0 Å². The molecule has 2 aromatic heterocycles. The Morgan fingerprint density at radius 2 is 1.82 bits per heavy atom. The van der Waals surface area contributed by atoms with Crippen LogP contribution in [0.5, 0.6) is 11.5 Å². The van der Waals surface area contributed by atoms with E-state index in [1.807, 2.05) is 31.2 Å². The van der Waals surface area contributed by atoms with Crippen molar-refractivity contribution in [1.82, 2.24) is 14.8 Å². The molecule has 0 bridgehead atoms. The summed E-state index contributed by atoms with van der Waals surface area (Å²) in [5, 5.41) is 8.06. The van der Waals surface area contributed by atoms with Crippen LogP contribution in [0, 0.1) is 6.92 Å². The first-order chi connectivity index (χ1) is 16.5. The molecule has 0 unspecified atom stereocenters. The molecule has 1 amide bonds. The molecule has 0 spiro atoms. The summed E-state index contributed by atoms with van der Waals surface area (Å²) in [5.41, 5.74) is 2.07. The van der Waals surface area contributed by atoms with Crippen molar-refractivity contribution in [3.63, 3.8) is 0 Å². The summed E-state index contributed by atoms with van der Waals surface area (Å²) in [6.07, 6.45) is 1.35. The Hall–Kier alpha value is -4.40. The number of ether oxygens (including phenoxy) is 3. The minimum atomic E-state index is -0.603. The van der Waals surface area contributed by atoms with Gasteiger partial charge >= 0.3 is 5.97 Å². The normalized spacial score (nSPS) is 10.7. The number of esters is 1. The first-order valence-electron chi connectivity index (χ1n) is 10.6. The van der Waals surface area contributed by atoms with Crippen LogP contribution in [0.4, 0.5) is 5.82 Å². The number of rotatable bonds is 7. The number of aryl methyl sites for hydroxylation is 1. The van der Waals surface area contributed by atoms with Gasteiger partial charge in [0, 0.05) is 10.9 Å². The van der Waals surface area contributed by atoms with Gasteiger partial charge in [-0.05, 0) is 55.8 Å². The number of para-hydroxylation sites is 1. The van der Waals surface area contributed by atoms with E-state index >= 15 is 0 Å². The van der Waals surface area contributed by atoms with Gasteiger partial charge in [-0.15, -0.1) is 0 Å². The standard InChI is InChI=1S/C25H24N4O5/c1-5-34-25(31)19-14-26-29(23(19)28-24(30)16-9-11-17(32-3)12-10-16)21-13-15(2)18-7-6-8-20(33-4)22(18)27-21/h6-14H,5H2,1-4H3,(H,28,30). The zero-order chi connectivity index (χ0) is 24.2. The van der Waals surface area contributed by atoms with E-state index in [4.69, 9.17) is 19.2 Å². The monoisotopic (exact) mass is 460 g/mol. The van der Waals surface area contributed by atoms with Gasteiger partial charge in [-0.2, -0.15) is 9.78 Å². The molecule has 174 valence electrons. The Morgan fingerprint density at radius 3 is 2.50 bits per heavy atom. The zero-order valence-corrected chi connectivity index (χ0v) is 19.3. The highest BCUT2D eigenvalue weighted by molar-refractivity contribution is 6.07. The molecule has 34 heavy (non-hydrogen) atoms. The van der Waals surface area contributed by atoms with Gasteiger partial charge in [0.15, 0.2) is 11.6 Å². The Bertz CT molecular complexity index is 1360. The van der Waals surface area contributed by atoms with Gasteiger partial charge in [0.2, 0.25) is 0 Å². The van der Waals surface area contributed by atoms with E-state index in [2.05, 4.69) is 10.4 Å². The molecule has 2 aromatic carbocycles. The second kappa shape index (κ2) is 9.62. The van der Waals surface area contributed by atoms with Crippen LogP contribution >= 0.6 is 0 Å². The number of nitrogens with one attached hydrogen (secondary N) is 1. The van der Waals surface area contributed by atoms with Crippen LogP contribution in [0.2, 0.25) is 0 Å². The molecule has 9 heteroatoms. The maximum atomic E-state index is 13.0. The van der Waals surface area contributed by atoms with Crippen molar-refractivity contribution in [2.45, 2.75) is 13.8 Å². The van der Waals surface area contributed by atoms with Gasteiger partial charge in [0.1, 0.15) is 22.6 Å². The fraction of sp³-hybridized carbons (Fsp3) is 0.200. The predicted octanol–water partition coefficient (Wildman–Crippen LogP) is 4.18. The van der Waals surface area contributed by atoms with Gasteiger partial charge in [0.05, 0.1) is 27.0 Å². The van der Waals surface area contributed by atoms with Crippen LogP contribution in [0.15, 0.2) is 54.7 Å². The molecule has 0 aliphatic rings. The number of carbonyl (C=O) groups is 2. The molecular weight excluding hydrogens is 436 g/mol. The average molecular weight is 460 g/mol. The van der Waals surface area contributed by atoms with E-state index in [-0.39, 0.29) is 18.0 Å². The summed E-state index contributed by atoms with van der Waals surface area (Å²) >= 11 is 0. The van der Waals surface area contributed by atoms with Crippen LogP contribution in [-0.4, -0.2) is 47.5 Å². The lowest BCUT2D eigenvalue weighted by atomic mass is 10.1. The lowest BCUT2D eigenvalue weighted by Crippen LogP contribution is -2.18. The van der Waals surface area contributed by atoms with Gasteiger partial charge in [-0.1, -0.05) is 12.1 Å². The molecule has 0 saturated heterocycles. The van der Waals surface area contributed by atoms with E-state index in [1.165, 1.54) is 10.9 Å². The molecule has 9 nitrogen and oxygen atoms in total. The Labute approximate surface area is 196 Å². The molecular formula is C25H24N4O5. The minimum Gasteiger partial charge on any atom is -0.497 e. The number of anilines is 1. The van der Waals surface area contributed by atoms with Crippen molar-refractivity contribution < 1.29 is 23.8 Å². The van der Waals surface area contributed by atoms with Gasteiger partial charge in [-0.25, -0.2) is 9.78 Å². The molecule has 0 aliphatic heterocycles. The number of pyridine rings is 1. The smallest absolute Gasteiger partial charge is 0.343 e. The fourth-order valence-corrected chi connectivity index (χ4v) is 3.57. The third-order valence-electron chi connectivity index (χ3n) is 5.28. The quantitative estimate of drug-likeness (QED) is 0.413. The van der Waals surface area contributed by atoms with Crippen molar-refractivity contribution in [1.29, 1.82) is 0 Å². The maximum absolute atomic E-state index is 13.0. The molecule has 4 aromatic rings. The highest BCUT2D eigenvalue weighted by Gasteiger charge is 2.23. The van der Waals surface area contributed by atoms with Gasteiger partial charge in [-0.3, -0.25) is 4.79 Å². The van der Waals surface area contributed by atoms with E-state index in [0.717, 1.165) is 10.9 Å². The second-order valence-electron chi connectivity index (χ2n) is 7.38. The van der Waals surface area contributed by atoms with E-state index in [0.29, 0.717) is 28.4 Å². The lowest BCUT2D eigenvalue weighted by Gasteiger charge is -2.13. The molecule has 0 fully saturated rings. The number of hydrogen-bond donors (Lipinski definition) is 1. The molecule has 4 rings (SSSR count). The zero-order valence-electron chi connectivity index (χ0n) is 19.3. The van der Waals surface area contributed by atoms with Crippen LogP contribution < -0.4 is 14.8 Å². The van der Waals surface area contributed by atoms with Crippen LogP contribution in [-0.2, 0) is 4.74 Å². The predicted molar refractivity (Wildman–Crippen MR) is 127 cm³/mol. The topological polar surface area (TPSA) is 105 Å². The van der Waals surface area contributed by atoms with Gasteiger partial charge < -0.3 is 19.5 Å². The van der Waals surface area contributed by atoms with Crippen molar-refractivity contribution in [3.8, 4) is 17.3 Å². The molecule has 2 heterocycles. The summed E-state index contributed by atoms with van der Waals surface area (Å²) < 4.78 is 17.2. The van der Waals surface area contributed by atoms with Gasteiger partial charge in [0.25, 0.3) is 5.91 Å². The number of benzene rings is 2.